The zero-order chi connectivity index (χ0) is 7.11. The first-order valence-corrected chi connectivity index (χ1v) is 3.02. The maximum atomic E-state index is 3.97. The van der Waals surface area contributed by atoms with Gasteiger partial charge in [-0.1, -0.05) is 13.8 Å². The number of nitrogens with zero attached hydrogens (tertiary/aromatic N) is 1. The standard InChI is InChI=1S/C8H12N.Rf/c1-4-6-9-7-8(3)5-2;/h6-7H,2,4H2,1,3H3;/q-1;/b8-7-,9-6?;. The Bertz CT molecular complexity index is 136. The third-order valence-electron chi connectivity index (χ3n) is 0.835. The Hall–Kier alpha value is -1.85. The Morgan fingerprint density at radius 2 is 2.30 bits per heavy atom. The first-order chi connectivity index (χ1) is 4.31. The van der Waals surface area contributed by atoms with Gasteiger partial charge in [0.2, 0.25) is 0 Å². The summed E-state index contributed by atoms with van der Waals surface area (Å²) in [6.45, 7) is 7.43. The van der Waals surface area contributed by atoms with Crippen molar-refractivity contribution in [2.45, 2.75) is 20.3 Å². The molecule has 0 saturated carbocycles. The predicted octanol–water partition coefficient (Wildman–Crippen LogP) is 2.36. The van der Waals surface area contributed by atoms with Gasteiger partial charge < -0.3 is 4.99 Å². The minimum absolute atomic E-state index is 0. The molecule has 0 radical (unpaired) electrons. The third-order valence-corrected chi connectivity index (χ3v) is 0.835. The second-order valence-corrected chi connectivity index (χ2v) is 1.73. The Morgan fingerprint density at radius 3 is 2.70 bits per heavy atom. The molecule has 1 nitrogen and oxygen atoms in total. The van der Waals surface area contributed by atoms with Gasteiger partial charge in [-0.05, 0) is 12.6 Å². The first kappa shape index (κ1) is 11.0. The van der Waals surface area contributed by atoms with E-state index in [1.807, 2.05) is 20.1 Å². The van der Waals surface area contributed by atoms with E-state index in [4.69, 9.17) is 0 Å². The second kappa shape index (κ2) is 7.15. The molecular weight excluding hydrogens is 377 g/mol. The number of hydrogen-bond acceptors (Lipinski definition) is 1. The molecule has 0 aliphatic heterocycles. The van der Waals surface area contributed by atoms with E-state index in [2.05, 4.69) is 17.6 Å². The normalized spacial score (nSPS) is 11.2. The zero-order valence-corrected chi connectivity index (χ0v) is 13.1. The van der Waals surface area contributed by atoms with Crippen molar-refractivity contribution in [1.29, 1.82) is 0 Å². The van der Waals surface area contributed by atoms with Gasteiger partial charge in [0, 0.05) is 0 Å². The maximum Gasteiger partial charge on any atom is 0 e. The van der Waals surface area contributed by atoms with Crippen LogP contribution in [0.1, 0.15) is 20.3 Å². The van der Waals surface area contributed by atoms with E-state index in [1.165, 1.54) is 0 Å². The smallest absolute Gasteiger partial charge is 0 e. The van der Waals surface area contributed by atoms with E-state index in [0.29, 0.717) is 0 Å². The van der Waals surface area contributed by atoms with Crippen LogP contribution in [0.3, 0.4) is 0 Å². The van der Waals surface area contributed by atoms with E-state index in [0.717, 1.165) is 12.0 Å². The van der Waals surface area contributed by atoms with Crippen LogP contribution in [-0.4, -0.2) is 6.21 Å². The van der Waals surface area contributed by atoms with E-state index < -0.39 is 0 Å². The van der Waals surface area contributed by atoms with Gasteiger partial charge in [0.15, 0.2) is 0 Å². The van der Waals surface area contributed by atoms with Gasteiger partial charge in [-0.25, -0.2) is 5.57 Å². The van der Waals surface area contributed by atoms with Crippen molar-refractivity contribution in [3.05, 3.63) is 24.4 Å². The molecule has 0 aliphatic rings. The molecule has 0 aliphatic carbocycles. The van der Waals surface area contributed by atoms with Crippen LogP contribution in [0.2, 0.25) is 0 Å². The van der Waals surface area contributed by atoms with Crippen LogP contribution in [0.15, 0.2) is 23.3 Å². The Morgan fingerprint density at radius 1 is 1.70 bits per heavy atom. The van der Waals surface area contributed by atoms with Gasteiger partial charge in [-0.3, -0.25) is 6.08 Å². The third kappa shape index (κ3) is 6.15. The Kier molecular flexibility index (Phi) is 7.88. The van der Waals surface area contributed by atoms with E-state index in [-0.39, 0.29) is 0 Å². The number of rotatable bonds is 3. The summed E-state index contributed by atoms with van der Waals surface area (Å²) < 4.78 is 0. The minimum atomic E-state index is 0. The molecule has 0 aromatic carbocycles. The Labute approximate surface area is 56.8 Å². The fourth-order valence-electron chi connectivity index (χ4n) is 0.316. The summed E-state index contributed by atoms with van der Waals surface area (Å²) in [5.74, 6) is 0. The molecule has 0 rings (SSSR count). The molecule has 0 N–H and O–H groups in total. The average molecular weight is 389 g/mol. The molecule has 0 saturated heterocycles. The van der Waals surface area contributed by atoms with Crippen LogP contribution in [0.4, 0.5) is 0 Å². The number of allylic oxidation sites excluding steroid dienone is 2. The van der Waals surface area contributed by atoms with Crippen molar-refractivity contribution in [3.8, 4) is 0 Å². The second-order valence-electron chi connectivity index (χ2n) is 1.73. The monoisotopic (exact) mass is 389 g/mol. The molecule has 0 bridgehead atoms. The molecular formula is C8H12NRf-. The van der Waals surface area contributed by atoms with E-state index in [1.54, 1.807) is 6.20 Å². The van der Waals surface area contributed by atoms with Crippen LogP contribution in [-0.2, 0) is 0 Å². The minimum Gasteiger partial charge on any atom is -0.363 e. The predicted molar refractivity (Wildman–Crippen MR) is 41.4 cm³/mol. The van der Waals surface area contributed by atoms with Gasteiger partial charge >= 0.3 is 0 Å². The first-order valence-electron chi connectivity index (χ1n) is 3.02. The largest absolute Gasteiger partial charge is 0.363 e. The SMILES string of the molecule is C=[C-]/C(C)=C\N=CCC.[Rf]. The summed E-state index contributed by atoms with van der Waals surface area (Å²) in [5.41, 5.74) is 0.972. The van der Waals surface area contributed by atoms with E-state index in [9.17, 15) is 0 Å². The van der Waals surface area contributed by atoms with Crippen LogP contribution in [0.5, 0.6) is 0 Å². The quantitative estimate of drug-likeness (QED) is 0.399. The topological polar surface area (TPSA) is 12.4 Å². The summed E-state index contributed by atoms with van der Waals surface area (Å²) >= 11 is 0. The van der Waals surface area contributed by atoms with Crippen molar-refractivity contribution >= 4 is 6.21 Å². The Balaban J connectivity index is 0. The zero-order valence-electron chi connectivity index (χ0n) is 6.72. The molecule has 0 atom stereocenters. The van der Waals surface area contributed by atoms with Gasteiger partial charge in [0.1, 0.15) is 0 Å². The summed E-state index contributed by atoms with van der Waals surface area (Å²) in [6.07, 6.45) is 7.29. The number of aliphatic imine (C=N–C) groups is 1. The molecule has 0 unspecified atom stereocenters. The molecule has 2 heteroatoms. The summed E-state index contributed by atoms with van der Waals surface area (Å²) in [4.78, 5) is 3.97. The molecule has 10 heavy (non-hydrogen) atoms. The van der Waals surface area contributed by atoms with E-state index >= 15 is 0 Å². The van der Waals surface area contributed by atoms with Crippen LogP contribution in [0.25, 0.3) is 0 Å². The molecule has 0 aromatic rings. The van der Waals surface area contributed by atoms with Crippen molar-refractivity contribution in [2.24, 2.45) is 4.99 Å². The van der Waals surface area contributed by atoms with Crippen molar-refractivity contribution in [2.75, 3.05) is 0 Å². The van der Waals surface area contributed by atoms with Crippen molar-refractivity contribution < 1.29 is 0 Å². The summed E-state index contributed by atoms with van der Waals surface area (Å²) in [7, 11) is 0. The van der Waals surface area contributed by atoms with Gasteiger partial charge in [0.05, 0.1) is 0 Å². The fraction of sp³-hybridized carbons (Fsp3) is 0.375. The average Bonchev–Trinajstić information content (AvgIpc) is 1.89. The van der Waals surface area contributed by atoms with Crippen LogP contribution < -0.4 is 0 Å². The molecule has 52 valence electrons. The fourth-order valence-corrected chi connectivity index (χ4v) is 0.316. The molecule has 0 heterocycles. The van der Waals surface area contributed by atoms with Crippen LogP contribution in [0, 0.1) is 6.08 Å². The van der Waals surface area contributed by atoms with Crippen molar-refractivity contribution in [1.82, 2.24) is 0 Å². The summed E-state index contributed by atoms with van der Waals surface area (Å²) in [6, 6.07) is 0. The van der Waals surface area contributed by atoms with Crippen LogP contribution >= 0.6 is 0 Å². The van der Waals surface area contributed by atoms with Gasteiger partial charge in [-0.15, -0.1) is 6.20 Å². The molecule has 0 amide bonds. The maximum absolute atomic E-state index is 3.97. The molecule has 0 fully saturated rings. The van der Waals surface area contributed by atoms with Gasteiger partial charge in [0.25, 0.3) is 0 Å². The molecule has 0 spiro atoms. The number of hydrogen-bond donors (Lipinski definition) is 0. The van der Waals surface area contributed by atoms with Crippen molar-refractivity contribution in [3.63, 3.8) is 0 Å². The van der Waals surface area contributed by atoms with Gasteiger partial charge in [-0.2, -0.15) is 6.58 Å². The summed E-state index contributed by atoms with van der Waals surface area (Å²) in [5, 5.41) is 0. The molecule has 0 aromatic heterocycles.